The van der Waals surface area contributed by atoms with E-state index in [0.717, 1.165) is 42.5 Å². The third-order valence-electron chi connectivity index (χ3n) is 4.32. The SMILES string of the molecule is Clc1ccc(CN2CC[C@H](c3nc(-c4ccncc4)no3)C2)cc1. The van der Waals surface area contributed by atoms with Gasteiger partial charge in [-0.25, -0.2) is 0 Å². The maximum absolute atomic E-state index is 5.94. The van der Waals surface area contributed by atoms with Crippen LogP contribution in [0.4, 0.5) is 0 Å². The van der Waals surface area contributed by atoms with Crippen LogP contribution in [0.2, 0.25) is 5.02 Å². The lowest BCUT2D eigenvalue weighted by Crippen LogP contribution is -2.19. The zero-order chi connectivity index (χ0) is 16.4. The van der Waals surface area contributed by atoms with E-state index in [1.165, 1.54) is 5.56 Å². The van der Waals surface area contributed by atoms with E-state index in [9.17, 15) is 0 Å². The Balaban J connectivity index is 1.42. The molecule has 0 bridgehead atoms. The van der Waals surface area contributed by atoms with Crippen LogP contribution in [0.15, 0.2) is 53.3 Å². The van der Waals surface area contributed by atoms with Crippen LogP contribution in [-0.4, -0.2) is 33.1 Å². The predicted octanol–water partition coefficient (Wildman–Crippen LogP) is 3.77. The molecule has 1 fully saturated rings. The molecule has 4 rings (SSSR count). The second-order valence-corrected chi connectivity index (χ2v) is 6.48. The van der Waals surface area contributed by atoms with Gasteiger partial charge in [-0.05, 0) is 42.8 Å². The van der Waals surface area contributed by atoms with E-state index in [-0.39, 0.29) is 0 Å². The van der Waals surface area contributed by atoms with Crippen molar-refractivity contribution in [3.05, 3.63) is 65.3 Å². The second kappa shape index (κ2) is 6.71. The van der Waals surface area contributed by atoms with E-state index in [4.69, 9.17) is 16.1 Å². The van der Waals surface area contributed by atoms with Gasteiger partial charge < -0.3 is 4.52 Å². The minimum absolute atomic E-state index is 0.292. The molecule has 1 aliphatic rings. The molecule has 24 heavy (non-hydrogen) atoms. The molecule has 1 aromatic carbocycles. The maximum Gasteiger partial charge on any atom is 0.231 e. The first-order valence-electron chi connectivity index (χ1n) is 7.99. The summed E-state index contributed by atoms with van der Waals surface area (Å²) < 4.78 is 5.49. The molecule has 0 aliphatic carbocycles. The molecule has 0 unspecified atom stereocenters. The van der Waals surface area contributed by atoms with Gasteiger partial charge in [0.25, 0.3) is 0 Å². The maximum atomic E-state index is 5.94. The second-order valence-electron chi connectivity index (χ2n) is 6.04. The molecule has 1 atom stereocenters. The summed E-state index contributed by atoms with van der Waals surface area (Å²) in [4.78, 5) is 11.0. The number of hydrogen-bond acceptors (Lipinski definition) is 5. The Labute approximate surface area is 145 Å². The molecule has 2 aromatic heterocycles. The first-order chi connectivity index (χ1) is 11.8. The number of pyridine rings is 1. The highest BCUT2D eigenvalue weighted by molar-refractivity contribution is 6.30. The zero-order valence-corrected chi connectivity index (χ0v) is 13.9. The van der Waals surface area contributed by atoms with Crippen LogP contribution in [0, 0.1) is 0 Å². The lowest BCUT2D eigenvalue weighted by atomic mass is 10.1. The van der Waals surface area contributed by atoms with E-state index in [1.807, 2.05) is 24.3 Å². The van der Waals surface area contributed by atoms with Gasteiger partial charge in [-0.15, -0.1) is 0 Å². The number of rotatable bonds is 4. The van der Waals surface area contributed by atoms with Gasteiger partial charge in [0.15, 0.2) is 0 Å². The van der Waals surface area contributed by atoms with Crippen molar-refractivity contribution >= 4 is 11.6 Å². The first-order valence-corrected chi connectivity index (χ1v) is 8.36. The number of hydrogen-bond donors (Lipinski definition) is 0. The van der Waals surface area contributed by atoms with Crippen LogP contribution in [-0.2, 0) is 6.54 Å². The van der Waals surface area contributed by atoms with E-state index in [2.05, 4.69) is 32.2 Å². The number of benzene rings is 1. The normalized spacial score (nSPS) is 18.1. The third-order valence-corrected chi connectivity index (χ3v) is 4.57. The minimum Gasteiger partial charge on any atom is -0.339 e. The van der Waals surface area contributed by atoms with Gasteiger partial charge in [-0.3, -0.25) is 9.88 Å². The molecule has 122 valence electrons. The average molecular weight is 341 g/mol. The lowest BCUT2D eigenvalue weighted by molar-refractivity contribution is 0.309. The molecule has 0 spiro atoms. The van der Waals surface area contributed by atoms with E-state index in [1.54, 1.807) is 12.4 Å². The van der Waals surface area contributed by atoms with Crippen molar-refractivity contribution in [3.63, 3.8) is 0 Å². The Morgan fingerprint density at radius 3 is 2.71 bits per heavy atom. The Morgan fingerprint density at radius 2 is 1.92 bits per heavy atom. The fourth-order valence-corrected chi connectivity index (χ4v) is 3.17. The highest BCUT2D eigenvalue weighted by Crippen LogP contribution is 2.28. The highest BCUT2D eigenvalue weighted by Gasteiger charge is 2.28. The fourth-order valence-electron chi connectivity index (χ4n) is 3.05. The molecule has 5 nitrogen and oxygen atoms in total. The van der Waals surface area contributed by atoms with Crippen molar-refractivity contribution in [3.8, 4) is 11.4 Å². The van der Waals surface area contributed by atoms with Gasteiger partial charge in [0.05, 0.1) is 5.92 Å². The highest BCUT2D eigenvalue weighted by atomic mass is 35.5. The molecule has 3 aromatic rings. The van der Waals surface area contributed by atoms with Gasteiger partial charge in [-0.1, -0.05) is 28.9 Å². The summed E-state index contributed by atoms with van der Waals surface area (Å²) in [6.07, 6.45) is 4.50. The van der Waals surface area contributed by atoms with Crippen LogP contribution >= 0.6 is 11.6 Å². The molecular formula is C18H17ClN4O. The molecule has 1 saturated heterocycles. The van der Waals surface area contributed by atoms with Crippen LogP contribution in [0.25, 0.3) is 11.4 Å². The van der Waals surface area contributed by atoms with Gasteiger partial charge >= 0.3 is 0 Å². The molecule has 0 amide bonds. The van der Waals surface area contributed by atoms with E-state index in [0.29, 0.717) is 11.7 Å². The molecule has 3 heterocycles. The fraction of sp³-hybridized carbons (Fsp3) is 0.278. The average Bonchev–Trinajstić information content (AvgIpc) is 3.27. The Bertz CT molecular complexity index is 803. The van der Waals surface area contributed by atoms with Crippen LogP contribution in [0.3, 0.4) is 0 Å². The summed E-state index contributed by atoms with van der Waals surface area (Å²) in [6.45, 7) is 2.87. The summed E-state index contributed by atoms with van der Waals surface area (Å²) in [7, 11) is 0. The van der Waals surface area contributed by atoms with Crippen LogP contribution in [0.1, 0.15) is 23.8 Å². The number of halogens is 1. The Kier molecular flexibility index (Phi) is 4.28. The van der Waals surface area contributed by atoms with E-state index >= 15 is 0 Å². The Hall–Kier alpha value is -2.24. The van der Waals surface area contributed by atoms with Crippen LogP contribution < -0.4 is 0 Å². The van der Waals surface area contributed by atoms with Crippen molar-refractivity contribution in [2.45, 2.75) is 18.9 Å². The van der Waals surface area contributed by atoms with Crippen molar-refractivity contribution < 1.29 is 4.52 Å². The van der Waals surface area contributed by atoms with Crippen molar-refractivity contribution in [1.29, 1.82) is 0 Å². The number of aromatic nitrogens is 3. The summed E-state index contributed by atoms with van der Waals surface area (Å²) >= 11 is 5.94. The Morgan fingerprint density at radius 1 is 1.12 bits per heavy atom. The molecule has 1 aliphatic heterocycles. The summed E-state index contributed by atoms with van der Waals surface area (Å²) in [5, 5.41) is 4.87. The lowest BCUT2D eigenvalue weighted by Gasteiger charge is -2.15. The monoisotopic (exact) mass is 340 g/mol. The topological polar surface area (TPSA) is 55.1 Å². The first kappa shape index (κ1) is 15.3. The largest absolute Gasteiger partial charge is 0.339 e. The molecule has 0 radical (unpaired) electrons. The van der Waals surface area contributed by atoms with Crippen LogP contribution in [0.5, 0.6) is 0 Å². The molecule has 0 N–H and O–H groups in total. The van der Waals surface area contributed by atoms with Crippen molar-refractivity contribution in [1.82, 2.24) is 20.0 Å². The van der Waals surface area contributed by atoms with Gasteiger partial charge in [0.2, 0.25) is 11.7 Å². The van der Waals surface area contributed by atoms with Crippen molar-refractivity contribution in [2.75, 3.05) is 13.1 Å². The van der Waals surface area contributed by atoms with Gasteiger partial charge in [-0.2, -0.15) is 4.98 Å². The molecule has 6 heteroatoms. The zero-order valence-electron chi connectivity index (χ0n) is 13.1. The molecular weight excluding hydrogens is 324 g/mol. The van der Waals surface area contributed by atoms with Crippen molar-refractivity contribution in [2.24, 2.45) is 0 Å². The van der Waals surface area contributed by atoms with E-state index < -0.39 is 0 Å². The number of likely N-dealkylation sites (tertiary alicyclic amines) is 1. The summed E-state index contributed by atoms with van der Waals surface area (Å²) in [5.74, 6) is 1.64. The quantitative estimate of drug-likeness (QED) is 0.723. The standard InChI is InChI=1S/C18H17ClN4O/c19-16-3-1-13(2-4-16)11-23-10-7-15(12-23)18-21-17(22-24-18)14-5-8-20-9-6-14/h1-6,8-9,15H,7,10-12H2/t15-/m0/s1. The summed E-state index contributed by atoms with van der Waals surface area (Å²) in [5.41, 5.74) is 2.19. The van der Waals surface area contributed by atoms with Gasteiger partial charge in [0, 0.05) is 36.1 Å². The third kappa shape index (κ3) is 3.32. The minimum atomic E-state index is 0.292. The smallest absolute Gasteiger partial charge is 0.231 e. The predicted molar refractivity (Wildman–Crippen MR) is 91.6 cm³/mol. The summed E-state index contributed by atoms with van der Waals surface area (Å²) in [6, 6.07) is 11.8. The molecule has 0 saturated carbocycles. The van der Waals surface area contributed by atoms with Gasteiger partial charge in [0.1, 0.15) is 0 Å². The number of nitrogens with zero attached hydrogens (tertiary/aromatic N) is 4.